The minimum absolute atomic E-state index is 0.0547. The number of likely N-dealkylation sites (tertiary alicyclic amines) is 1. The van der Waals surface area contributed by atoms with E-state index >= 15 is 0 Å². The van der Waals surface area contributed by atoms with Crippen LogP contribution in [0.25, 0.3) is 0 Å². The van der Waals surface area contributed by atoms with E-state index in [1.165, 1.54) is 31.3 Å². The molecule has 1 aromatic rings. The van der Waals surface area contributed by atoms with Crippen molar-refractivity contribution in [2.45, 2.75) is 63.4 Å². The van der Waals surface area contributed by atoms with E-state index in [2.05, 4.69) is 20.6 Å². The first kappa shape index (κ1) is 23.3. The summed E-state index contributed by atoms with van der Waals surface area (Å²) in [6, 6.07) is -4.27. The number of nitrogens with one attached hydrogen (secondary N) is 3. The zero-order valence-corrected chi connectivity index (χ0v) is 16.9. The number of aliphatic carboxylic acids is 1. The molecule has 0 spiro atoms. The Labute approximate surface area is 173 Å². The van der Waals surface area contributed by atoms with Crippen LogP contribution in [0, 0.1) is 0 Å². The topological polar surface area (TPSA) is 191 Å². The van der Waals surface area contributed by atoms with E-state index in [0.717, 1.165) is 0 Å². The lowest BCUT2D eigenvalue weighted by Gasteiger charge is -2.28. The van der Waals surface area contributed by atoms with Crippen molar-refractivity contribution >= 4 is 23.7 Å². The molecule has 1 saturated heterocycles. The Bertz CT molecular complexity index is 765. The number of amides is 3. The summed E-state index contributed by atoms with van der Waals surface area (Å²) in [7, 11) is 0. The predicted molar refractivity (Wildman–Crippen MR) is 104 cm³/mol. The highest BCUT2D eigenvalue weighted by molar-refractivity contribution is 5.94. The molecule has 30 heavy (non-hydrogen) atoms. The summed E-state index contributed by atoms with van der Waals surface area (Å²) in [5.41, 5.74) is 6.12. The molecule has 12 heteroatoms. The van der Waals surface area contributed by atoms with E-state index in [1.807, 2.05) is 0 Å². The fraction of sp³-hybridized carbons (Fsp3) is 0.611. The minimum Gasteiger partial charge on any atom is -0.480 e. The van der Waals surface area contributed by atoms with Crippen LogP contribution >= 0.6 is 0 Å². The molecule has 5 unspecified atom stereocenters. The second-order valence-electron chi connectivity index (χ2n) is 7.39. The highest BCUT2D eigenvalue weighted by atomic mass is 16.4. The largest absolute Gasteiger partial charge is 0.480 e. The van der Waals surface area contributed by atoms with E-state index in [-0.39, 0.29) is 12.3 Å². The number of carbonyl (C=O) groups excluding carboxylic acids is 3. The van der Waals surface area contributed by atoms with Gasteiger partial charge in [0.2, 0.25) is 17.7 Å². The van der Waals surface area contributed by atoms with Gasteiger partial charge in [-0.1, -0.05) is 0 Å². The number of carboxylic acid groups (broad SMARTS) is 1. The summed E-state index contributed by atoms with van der Waals surface area (Å²) in [6.07, 6.45) is 2.46. The van der Waals surface area contributed by atoms with Crippen molar-refractivity contribution in [3.63, 3.8) is 0 Å². The molecule has 1 aliphatic heterocycles. The zero-order valence-electron chi connectivity index (χ0n) is 16.9. The summed E-state index contributed by atoms with van der Waals surface area (Å²) in [4.78, 5) is 57.0. The smallest absolute Gasteiger partial charge is 0.326 e. The number of nitrogens with two attached hydrogens (primary N) is 1. The number of H-pyrrole nitrogens is 1. The van der Waals surface area contributed by atoms with Gasteiger partial charge in [0.05, 0.1) is 18.5 Å². The Hall–Kier alpha value is -2.99. The van der Waals surface area contributed by atoms with Gasteiger partial charge < -0.3 is 36.5 Å². The molecule has 1 fully saturated rings. The molecule has 0 saturated carbocycles. The first-order valence-electron chi connectivity index (χ1n) is 9.66. The minimum atomic E-state index is -1.39. The van der Waals surface area contributed by atoms with Gasteiger partial charge in [-0.25, -0.2) is 9.78 Å². The van der Waals surface area contributed by atoms with Gasteiger partial charge in [-0.3, -0.25) is 14.4 Å². The van der Waals surface area contributed by atoms with Crippen LogP contribution in [0.5, 0.6) is 0 Å². The average molecular weight is 424 g/mol. The van der Waals surface area contributed by atoms with Crippen LogP contribution in [0.1, 0.15) is 32.4 Å². The van der Waals surface area contributed by atoms with Crippen LogP contribution in [0.15, 0.2) is 12.5 Å². The number of hydrogen-bond acceptors (Lipinski definition) is 7. The number of rotatable bonds is 9. The number of nitrogens with zero attached hydrogens (tertiary/aromatic N) is 2. The van der Waals surface area contributed by atoms with Crippen molar-refractivity contribution in [2.75, 3.05) is 6.54 Å². The van der Waals surface area contributed by atoms with Gasteiger partial charge in [-0.2, -0.15) is 0 Å². The number of hydrogen-bond donors (Lipinski definition) is 6. The van der Waals surface area contributed by atoms with Crippen LogP contribution < -0.4 is 16.4 Å². The Morgan fingerprint density at radius 3 is 2.57 bits per heavy atom. The first-order valence-corrected chi connectivity index (χ1v) is 9.66. The van der Waals surface area contributed by atoms with Crippen molar-refractivity contribution in [1.29, 1.82) is 0 Å². The molecule has 1 aromatic heterocycles. The molecule has 12 nitrogen and oxygen atoms in total. The highest BCUT2D eigenvalue weighted by Crippen LogP contribution is 2.18. The normalized spacial score (nSPS) is 20.1. The average Bonchev–Trinajstić information content (AvgIpc) is 3.35. The number of aliphatic hydroxyl groups excluding tert-OH is 1. The number of carboxylic acids is 1. The van der Waals surface area contributed by atoms with Gasteiger partial charge in [-0.05, 0) is 26.7 Å². The maximum atomic E-state index is 12.7. The molecular formula is C18H28N6O6. The zero-order chi connectivity index (χ0) is 22.4. The van der Waals surface area contributed by atoms with E-state index in [0.29, 0.717) is 25.1 Å². The maximum Gasteiger partial charge on any atom is 0.326 e. The fourth-order valence-electron chi connectivity index (χ4n) is 3.30. The third-order valence-electron chi connectivity index (χ3n) is 4.88. The monoisotopic (exact) mass is 424 g/mol. The van der Waals surface area contributed by atoms with E-state index < -0.39 is 48.1 Å². The SMILES string of the molecule is CC(N)C(=O)N1CCCC1C(=O)NC(C(=O)NC(Cc1cnc[nH]1)C(=O)O)C(C)O. The van der Waals surface area contributed by atoms with Crippen molar-refractivity contribution in [1.82, 2.24) is 25.5 Å². The Balaban J connectivity index is 2.06. The molecule has 3 amide bonds. The van der Waals surface area contributed by atoms with Crippen molar-refractivity contribution in [2.24, 2.45) is 5.73 Å². The molecule has 0 radical (unpaired) electrons. The summed E-state index contributed by atoms with van der Waals surface area (Å²) >= 11 is 0. The maximum absolute atomic E-state index is 12.7. The van der Waals surface area contributed by atoms with Crippen molar-refractivity contribution < 1.29 is 29.4 Å². The molecule has 0 aromatic carbocycles. The fourth-order valence-corrected chi connectivity index (χ4v) is 3.30. The Morgan fingerprint density at radius 2 is 2.03 bits per heavy atom. The third-order valence-corrected chi connectivity index (χ3v) is 4.88. The molecule has 2 heterocycles. The molecule has 2 rings (SSSR count). The van der Waals surface area contributed by atoms with Gasteiger partial charge in [-0.15, -0.1) is 0 Å². The lowest BCUT2D eigenvalue weighted by molar-refractivity contribution is -0.144. The van der Waals surface area contributed by atoms with Crippen LogP contribution in [0.3, 0.4) is 0 Å². The number of aromatic amines is 1. The van der Waals surface area contributed by atoms with Crippen LogP contribution in [0.2, 0.25) is 0 Å². The standard InChI is InChI=1S/C18H28N6O6/c1-9(19)17(28)24-5-3-4-13(24)15(26)23-14(10(2)25)16(27)22-12(18(29)30)6-11-7-20-8-21-11/h7-10,12-14,25H,3-6,19H2,1-2H3,(H,20,21)(H,22,27)(H,23,26)(H,29,30). The third kappa shape index (κ3) is 5.76. The second-order valence-corrected chi connectivity index (χ2v) is 7.39. The molecule has 7 N–H and O–H groups in total. The van der Waals surface area contributed by atoms with Gasteiger partial charge in [0.1, 0.15) is 18.1 Å². The quantitative estimate of drug-likeness (QED) is 0.255. The lowest BCUT2D eigenvalue weighted by atomic mass is 10.1. The van der Waals surface area contributed by atoms with Crippen LogP contribution in [0.4, 0.5) is 0 Å². The van der Waals surface area contributed by atoms with Crippen molar-refractivity contribution in [3.05, 3.63) is 18.2 Å². The van der Waals surface area contributed by atoms with E-state index in [9.17, 15) is 29.4 Å². The first-order chi connectivity index (χ1) is 14.1. The van der Waals surface area contributed by atoms with Gasteiger partial charge >= 0.3 is 5.97 Å². The number of aromatic nitrogens is 2. The van der Waals surface area contributed by atoms with Gasteiger partial charge in [0, 0.05) is 24.9 Å². The lowest BCUT2D eigenvalue weighted by Crippen LogP contribution is -2.59. The summed E-state index contributed by atoms with van der Waals surface area (Å²) in [5, 5.41) is 24.2. The van der Waals surface area contributed by atoms with Crippen LogP contribution in [-0.2, 0) is 25.6 Å². The van der Waals surface area contributed by atoms with Crippen LogP contribution in [-0.4, -0.2) is 85.6 Å². The second kappa shape index (κ2) is 10.2. The number of aliphatic hydroxyl groups is 1. The molecule has 5 atom stereocenters. The molecule has 0 aliphatic carbocycles. The van der Waals surface area contributed by atoms with E-state index in [1.54, 1.807) is 0 Å². The molecule has 166 valence electrons. The summed E-state index contributed by atoms with van der Waals surface area (Å²) < 4.78 is 0. The number of imidazole rings is 1. The summed E-state index contributed by atoms with van der Waals surface area (Å²) in [6.45, 7) is 3.19. The highest BCUT2D eigenvalue weighted by Gasteiger charge is 2.38. The molecule has 0 bridgehead atoms. The van der Waals surface area contributed by atoms with Gasteiger partial charge in [0.25, 0.3) is 0 Å². The van der Waals surface area contributed by atoms with Crippen molar-refractivity contribution in [3.8, 4) is 0 Å². The Kier molecular flexibility index (Phi) is 7.89. The van der Waals surface area contributed by atoms with Gasteiger partial charge in [0.15, 0.2) is 0 Å². The predicted octanol–water partition coefficient (Wildman–Crippen LogP) is -2.27. The Morgan fingerprint density at radius 1 is 1.33 bits per heavy atom. The number of carbonyl (C=O) groups is 4. The molecular weight excluding hydrogens is 396 g/mol. The van der Waals surface area contributed by atoms with E-state index in [4.69, 9.17) is 5.73 Å². The molecule has 1 aliphatic rings. The summed E-state index contributed by atoms with van der Waals surface area (Å²) in [5.74, 6) is -3.12.